The van der Waals surface area contributed by atoms with Gasteiger partial charge >= 0.3 is 0 Å². The Morgan fingerprint density at radius 2 is 2.05 bits per heavy atom. The summed E-state index contributed by atoms with van der Waals surface area (Å²) in [5, 5.41) is 2.63. The molecule has 7 heteroatoms. The van der Waals surface area contributed by atoms with Crippen LogP contribution in [0.1, 0.15) is 12.2 Å². The van der Waals surface area contributed by atoms with Crippen molar-refractivity contribution >= 4 is 18.2 Å². The van der Waals surface area contributed by atoms with Gasteiger partial charge < -0.3 is 19.5 Å². The lowest BCUT2D eigenvalue weighted by atomic mass is 10.2. The van der Waals surface area contributed by atoms with Gasteiger partial charge in [0.1, 0.15) is 12.2 Å². The van der Waals surface area contributed by atoms with Crippen molar-refractivity contribution in [2.45, 2.75) is 13.0 Å². The minimum Gasteiger partial charge on any atom is -0.467 e. The van der Waals surface area contributed by atoms with Gasteiger partial charge in [0.25, 0.3) is 0 Å². The fourth-order valence-corrected chi connectivity index (χ4v) is 1.99. The summed E-state index contributed by atoms with van der Waals surface area (Å²) in [5.74, 6) is 0.0992. The van der Waals surface area contributed by atoms with Gasteiger partial charge in [-0.05, 0) is 12.1 Å². The number of amides is 3. The zero-order chi connectivity index (χ0) is 14.4. The van der Waals surface area contributed by atoms with Crippen LogP contribution in [-0.4, -0.2) is 54.2 Å². The van der Waals surface area contributed by atoms with Crippen molar-refractivity contribution in [2.75, 3.05) is 26.2 Å². The third kappa shape index (κ3) is 3.84. The third-order valence-electron chi connectivity index (χ3n) is 3.17. The molecule has 0 spiro atoms. The Hall–Kier alpha value is -2.31. The second-order valence-corrected chi connectivity index (χ2v) is 4.56. The molecule has 0 radical (unpaired) electrons. The number of nitrogens with one attached hydrogen (secondary N) is 1. The number of carbonyl (C=O) groups is 3. The van der Waals surface area contributed by atoms with Crippen molar-refractivity contribution in [3.63, 3.8) is 0 Å². The molecule has 3 amide bonds. The van der Waals surface area contributed by atoms with E-state index in [2.05, 4.69) is 5.32 Å². The molecule has 7 nitrogen and oxygen atoms in total. The third-order valence-corrected chi connectivity index (χ3v) is 3.17. The molecule has 0 aromatic carbocycles. The second kappa shape index (κ2) is 6.74. The molecule has 1 aromatic rings. The normalized spacial score (nSPS) is 15.0. The van der Waals surface area contributed by atoms with E-state index in [0.717, 1.165) is 6.41 Å². The summed E-state index contributed by atoms with van der Waals surface area (Å²) in [7, 11) is 0. The van der Waals surface area contributed by atoms with E-state index < -0.39 is 0 Å². The molecule has 0 unspecified atom stereocenters. The van der Waals surface area contributed by atoms with Crippen molar-refractivity contribution in [3.8, 4) is 0 Å². The number of piperazine rings is 1. The predicted molar refractivity (Wildman–Crippen MR) is 69.4 cm³/mol. The summed E-state index contributed by atoms with van der Waals surface area (Å²) in [5.41, 5.74) is 0. The van der Waals surface area contributed by atoms with Crippen LogP contribution in [0.3, 0.4) is 0 Å². The van der Waals surface area contributed by atoms with Gasteiger partial charge in [-0.1, -0.05) is 0 Å². The molecule has 108 valence electrons. The molecule has 1 aromatic heterocycles. The highest BCUT2D eigenvalue weighted by atomic mass is 16.3. The van der Waals surface area contributed by atoms with Gasteiger partial charge in [0, 0.05) is 26.2 Å². The smallest absolute Gasteiger partial charge is 0.232 e. The SMILES string of the molecule is O=CN1CCN(C(=O)CC(=O)NCc2ccco2)CC1. The Morgan fingerprint density at radius 3 is 2.65 bits per heavy atom. The van der Waals surface area contributed by atoms with Gasteiger partial charge in [-0.2, -0.15) is 0 Å². The summed E-state index contributed by atoms with van der Waals surface area (Å²) in [6, 6.07) is 3.49. The van der Waals surface area contributed by atoms with E-state index in [1.54, 1.807) is 21.9 Å². The zero-order valence-electron chi connectivity index (χ0n) is 11.1. The van der Waals surface area contributed by atoms with Crippen LogP contribution in [0.4, 0.5) is 0 Å². The molecule has 1 N–H and O–H groups in total. The number of rotatable bonds is 5. The lowest BCUT2D eigenvalue weighted by Gasteiger charge is -2.32. The van der Waals surface area contributed by atoms with E-state index in [9.17, 15) is 14.4 Å². The molecule has 0 aliphatic carbocycles. The maximum atomic E-state index is 11.9. The number of hydrogen-bond acceptors (Lipinski definition) is 4. The molecule has 1 aliphatic heterocycles. The fraction of sp³-hybridized carbons (Fsp3) is 0.462. The molecule has 1 saturated heterocycles. The van der Waals surface area contributed by atoms with Crippen molar-refractivity contribution in [1.29, 1.82) is 0 Å². The largest absolute Gasteiger partial charge is 0.467 e. The van der Waals surface area contributed by atoms with E-state index in [-0.39, 0.29) is 24.8 Å². The molecule has 20 heavy (non-hydrogen) atoms. The van der Waals surface area contributed by atoms with Crippen LogP contribution in [0.5, 0.6) is 0 Å². The number of carbonyl (C=O) groups excluding carboxylic acids is 3. The zero-order valence-corrected chi connectivity index (χ0v) is 11.1. The fourth-order valence-electron chi connectivity index (χ4n) is 1.99. The monoisotopic (exact) mass is 279 g/mol. The van der Waals surface area contributed by atoms with Gasteiger partial charge in [0.2, 0.25) is 18.2 Å². The Kier molecular flexibility index (Phi) is 4.75. The lowest BCUT2D eigenvalue weighted by Crippen LogP contribution is -2.48. The summed E-state index contributed by atoms with van der Waals surface area (Å²) in [6.07, 6.45) is 2.12. The first-order valence-electron chi connectivity index (χ1n) is 6.45. The second-order valence-electron chi connectivity index (χ2n) is 4.56. The maximum Gasteiger partial charge on any atom is 0.232 e. The summed E-state index contributed by atoms with van der Waals surface area (Å²) in [6.45, 7) is 2.26. The quantitative estimate of drug-likeness (QED) is 0.586. The molecular weight excluding hydrogens is 262 g/mol. The van der Waals surface area contributed by atoms with E-state index in [0.29, 0.717) is 31.9 Å². The first kappa shape index (κ1) is 14.1. The van der Waals surface area contributed by atoms with Crippen molar-refractivity contribution in [3.05, 3.63) is 24.2 Å². The van der Waals surface area contributed by atoms with Crippen LogP contribution >= 0.6 is 0 Å². The minimum absolute atomic E-state index is 0.179. The van der Waals surface area contributed by atoms with Crippen LogP contribution in [0.25, 0.3) is 0 Å². The van der Waals surface area contributed by atoms with Crippen LogP contribution in [0.15, 0.2) is 22.8 Å². The van der Waals surface area contributed by atoms with Gasteiger partial charge in [-0.15, -0.1) is 0 Å². The summed E-state index contributed by atoms with van der Waals surface area (Å²) >= 11 is 0. The molecule has 2 rings (SSSR count). The molecule has 1 fully saturated rings. The topological polar surface area (TPSA) is 82.9 Å². The van der Waals surface area contributed by atoms with Gasteiger partial charge in [0.15, 0.2) is 0 Å². The van der Waals surface area contributed by atoms with E-state index >= 15 is 0 Å². The van der Waals surface area contributed by atoms with Gasteiger partial charge in [-0.3, -0.25) is 14.4 Å². The summed E-state index contributed by atoms with van der Waals surface area (Å²) < 4.78 is 5.08. The standard InChI is InChI=1S/C13H17N3O4/c17-10-15-3-5-16(6-4-15)13(19)8-12(18)14-9-11-2-1-7-20-11/h1-2,7,10H,3-6,8-9H2,(H,14,18). The van der Waals surface area contributed by atoms with Crippen molar-refractivity contribution in [1.82, 2.24) is 15.1 Å². The van der Waals surface area contributed by atoms with Crippen LogP contribution < -0.4 is 5.32 Å². The van der Waals surface area contributed by atoms with Crippen LogP contribution in [-0.2, 0) is 20.9 Å². The highest BCUT2D eigenvalue weighted by molar-refractivity contribution is 5.96. The first-order valence-corrected chi connectivity index (χ1v) is 6.45. The van der Waals surface area contributed by atoms with E-state index in [1.807, 2.05) is 0 Å². The van der Waals surface area contributed by atoms with Gasteiger partial charge in [-0.25, -0.2) is 0 Å². The van der Waals surface area contributed by atoms with Crippen molar-refractivity contribution in [2.24, 2.45) is 0 Å². The molecule has 1 aliphatic rings. The number of furan rings is 1. The molecule has 0 saturated carbocycles. The number of hydrogen-bond donors (Lipinski definition) is 1. The summed E-state index contributed by atoms with van der Waals surface area (Å²) in [4.78, 5) is 37.3. The predicted octanol–water partition coefficient (Wildman–Crippen LogP) is -0.413. The molecule has 2 heterocycles. The van der Waals surface area contributed by atoms with Gasteiger partial charge in [0.05, 0.1) is 12.8 Å². The number of nitrogens with zero attached hydrogens (tertiary/aromatic N) is 2. The Morgan fingerprint density at radius 1 is 1.30 bits per heavy atom. The van der Waals surface area contributed by atoms with Crippen molar-refractivity contribution < 1.29 is 18.8 Å². The molecule has 0 atom stereocenters. The minimum atomic E-state index is -0.329. The lowest BCUT2D eigenvalue weighted by molar-refractivity contribution is -0.139. The molecule has 0 bridgehead atoms. The Balaban J connectivity index is 1.71. The van der Waals surface area contributed by atoms with Crippen LogP contribution in [0.2, 0.25) is 0 Å². The highest BCUT2D eigenvalue weighted by Crippen LogP contribution is 2.03. The van der Waals surface area contributed by atoms with Crippen LogP contribution in [0, 0.1) is 0 Å². The maximum absolute atomic E-state index is 11.9. The Bertz CT molecular complexity index is 464. The van der Waals surface area contributed by atoms with E-state index in [1.165, 1.54) is 6.26 Å². The Labute approximate surface area is 116 Å². The average Bonchev–Trinajstić information content (AvgIpc) is 2.98. The first-order chi connectivity index (χ1) is 9.69. The van der Waals surface area contributed by atoms with E-state index in [4.69, 9.17) is 4.42 Å². The molecular formula is C13H17N3O4. The average molecular weight is 279 g/mol. The highest BCUT2D eigenvalue weighted by Gasteiger charge is 2.21.